The van der Waals surface area contributed by atoms with Gasteiger partial charge >= 0.3 is 0 Å². The Morgan fingerprint density at radius 1 is 1.18 bits per heavy atom. The molecule has 0 bridgehead atoms. The van der Waals surface area contributed by atoms with Crippen LogP contribution < -0.4 is 15.4 Å². The van der Waals surface area contributed by atoms with Gasteiger partial charge in [0.2, 0.25) is 5.91 Å². The Labute approximate surface area is 134 Å². The molecule has 0 aliphatic rings. The number of nitrogens with one attached hydrogen (secondary N) is 2. The van der Waals surface area contributed by atoms with Crippen LogP contribution in [0.15, 0.2) is 61.2 Å². The molecule has 0 spiro atoms. The summed E-state index contributed by atoms with van der Waals surface area (Å²) in [5, 5.41) is 6.47. The number of carbonyl (C=O) groups is 1. The lowest BCUT2D eigenvalue weighted by Gasteiger charge is -2.12. The Morgan fingerprint density at radius 2 is 1.91 bits per heavy atom. The number of rotatable bonds is 7. The predicted molar refractivity (Wildman–Crippen MR) is 90.7 cm³/mol. The third-order valence-corrected chi connectivity index (χ3v) is 3.06. The van der Waals surface area contributed by atoms with Gasteiger partial charge in [-0.3, -0.25) is 4.79 Å². The number of anilines is 2. The summed E-state index contributed by atoms with van der Waals surface area (Å²) >= 11 is 5.80. The minimum atomic E-state index is -0.152. The van der Waals surface area contributed by atoms with Crippen molar-refractivity contribution in [2.75, 3.05) is 23.8 Å². The Morgan fingerprint density at radius 3 is 2.64 bits per heavy atom. The molecule has 0 aromatic heterocycles. The lowest BCUT2D eigenvalue weighted by molar-refractivity contribution is -0.114. The molecule has 5 heteroatoms. The fourth-order valence-corrected chi connectivity index (χ4v) is 1.93. The van der Waals surface area contributed by atoms with E-state index in [0.29, 0.717) is 23.1 Å². The Hall–Kier alpha value is -2.46. The smallest absolute Gasteiger partial charge is 0.243 e. The third-order valence-electron chi connectivity index (χ3n) is 2.81. The van der Waals surface area contributed by atoms with Gasteiger partial charge in [-0.1, -0.05) is 36.4 Å². The van der Waals surface area contributed by atoms with Gasteiger partial charge in [-0.25, -0.2) is 0 Å². The highest BCUT2D eigenvalue weighted by Gasteiger charge is 2.06. The standard InChI is InChI=1S/C17H17ClN2O2/c1-2-11-22-16-6-4-3-5-15(16)19-12-17(21)20-14-9-7-13(18)8-10-14/h2-10,19H,1,11-12H2,(H,20,21). The molecule has 0 saturated heterocycles. The van der Waals surface area contributed by atoms with E-state index in [2.05, 4.69) is 17.2 Å². The molecule has 0 aliphatic carbocycles. The van der Waals surface area contributed by atoms with Crippen molar-refractivity contribution in [2.45, 2.75) is 0 Å². The molecule has 2 N–H and O–H groups in total. The lowest BCUT2D eigenvalue weighted by Crippen LogP contribution is -2.22. The molecule has 22 heavy (non-hydrogen) atoms. The molecule has 0 saturated carbocycles. The predicted octanol–water partition coefficient (Wildman–Crippen LogP) is 3.96. The first-order valence-corrected chi connectivity index (χ1v) is 7.19. The zero-order chi connectivity index (χ0) is 15.8. The van der Waals surface area contributed by atoms with Crippen LogP contribution in [0.5, 0.6) is 5.75 Å². The second-order valence-electron chi connectivity index (χ2n) is 4.50. The molecule has 0 atom stereocenters. The highest BCUT2D eigenvalue weighted by molar-refractivity contribution is 6.30. The fourth-order valence-electron chi connectivity index (χ4n) is 1.80. The van der Waals surface area contributed by atoms with Crippen molar-refractivity contribution in [1.29, 1.82) is 0 Å². The molecule has 2 aromatic rings. The van der Waals surface area contributed by atoms with Crippen molar-refractivity contribution in [3.63, 3.8) is 0 Å². The van der Waals surface area contributed by atoms with Crippen molar-refractivity contribution in [2.24, 2.45) is 0 Å². The highest BCUT2D eigenvalue weighted by Crippen LogP contribution is 2.23. The van der Waals surface area contributed by atoms with Gasteiger partial charge < -0.3 is 15.4 Å². The van der Waals surface area contributed by atoms with Crippen LogP contribution in [0.4, 0.5) is 11.4 Å². The first-order valence-electron chi connectivity index (χ1n) is 6.81. The van der Waals surface area contributed by atoms with Gasteiger partial charge in [0.05, 0.1) is 12.2 Å². The van der Waals surface area contributed by atoms with Crippen LogP contribution in [-0.4, -0.2) is 19.1 Å². The fraction of sp³-hybridized carbons (Fsp3) is 0.118. The topological polar surface area (TPSA) is 50.4 Å². The number of hydrogen-bond donors (Lipinski definition) is 2. The van der Waals surface area contributed by atoms with Crippen LogP contribution in [-0.2, 0) is 4.79 Å². The molecule has 4 nitrogen and oxygen atoms in total. The molecule has 2 aromatic carbocycles. The van der Waals surface area contributed by atoms with E-state index in [9.17, 15) is 4.79 Å². The van der Waals surface area contributed by atoms with Gasteiger partial charge in [0.25, 0.3) is 0 Å². The second-order valence-corrected chi connectivity index (χ2v) is 4.94. The zero-order valence-corrected chi connectivity index (χ0v) is 12.8. The Bertz CT molecular complexity index is 641. The zero-order valence-electron chi connectivity index (χ0n) is 12.0. The molecule has 0 aliphatic heterocycles. The Balaban J connectivity index is 1.90. The summed E-state index contributed by atoms with van der Waals surface area (Å²) in [7, 11) is 0. The number of ether oxygens (including phenoxy) is 1. The summed E-state index contributed by atoms with van der Waals surface area (Å²) in [6.07, 6.45) is 1.67. The minimum absolute atomic E-state index is 0.136. The number of benzene rings is 2. The number of para-hydroxylation sites is 2. The average Bonchev–Trinajstić information content (AvgIpc) is 2.54. The van der Waals surface area contributed by atoms with E-state index >= 15 is 0 Å². The van der Waals surface area contributed by atoms with Crippen LogP contribution in [0.25, 0.3) is 0 Å². The minimum Gasteiger partial charge on any atom is -0.487 e. The number of carbonyl (C=O) groups excluding carboxylic acids is 1. The maximum Gasteiger partial charge on any atom is 0.243 e. The third kappa shape index (κ3) is 4.82. The van der Waals surface area contributed by atoms with E-state index in [0.717, 1.165) is 5.69 Å². The van der Waals surface area contributed by atoms with Gasteiger partial charge in [-0.2, -0.15) is 0 Å². The van der Waals surface area contributed by atoms with Crippen LogP contribution in [0.1, 0.15) is 0 Å². The molecule has 0 fully saturated rings. The second kappa shape index (κ2) is 8.10. The average molecular weight is 317 g/mol. The highest BCUT2D eigenvalue weighted by atomic mass is 35.5. The van der Waals surface area contributed by atoms with E-state index in [-0.39, 0.29) is 12.5 Å². The SMILES string of the molecule is C=CCOc1ccccc1NCC(=O)Nc1ccc(Cl)cc1. The number of halogens is 1. The first kappa shape index (κ1) is 15.9. The van der Waals surface area contributed by atoms with Gasteiger partial charge in [-0.15, -0.1) is 0 Å². The monoisotopic (exact) mass is 316 g/mol. The summed E-state index contributed by atoms with van der Waals surface area (Å²) < 4.78 is 5.52. The summed E-state index contributed by atoms with van der Waals surface area (Å²) in [6, 6.07) is 14.4. The van der Waals surface area contributed by atoms with E-state index < -0.39 is 0 Å². The Kier molecular flexibility index (Phi) is 5.86. The van der Waals surface area contributed by atoms with Gasteiger partial charge in [0.1, 0.15) is 12.4 Å². The normalized spacial score (nSPS) is 9.86. The van der Waals surface area contributed by atoms with E-state index in [4.69, 9.17) is 16.3 Å². The summed E-state index contributed by atoms with van der Waals surface area (Å²) in [4.78, 5) is 11.9. The molecular weight excluding hydrogens is 300 g/mol. The van der Waals surface area contributed by atoms with E-state index in [1.165, 1.54) is 0 Å². The largest absolute Gasteiger partial charge is 0.487 e. The van der Waals surface area contributed by atoms with Crippen molar-refractivity contribution < 1.29 is 9.53 Å². The van der Waals surface area contributed by atoms with Crippen LogP contribution in [0.3, 0.4) is 0 Å². The van der Waals surface area contributed by atoms with Crippen LogP contribution in [0.2, 0.25) is 5.02 Å². The first-order chi connectivity index (χ1) is 10.7. The van der Waals surface area contributed by atoms with E-state index in [1.807, 2.05) is 24.3 Å². The van der Waals surface area contributed by atoms with Crippen molar-refractivity contribution in [1.82, 2.24) is 0 Å². The molecule has 0 unspecified atom stereocenters. The molecule has 0 heterocycles. The maximum atomic E-state index is 11.9. The lowest BCUT2D eigenvalue weighted by atomic mass is 10.3. The summed E-state index contributed by atoms with van der Waals surface area (Å²) in [5.74, 6) is 0.530. The summed E-state index contributed by atoms with van der Waals surface area (Å²) in [5.41, 5.74) is 1.46. The van der Waals surface area contributed by atoms with Gasteiger partial charge in [-0.05, 0) is 36.4 Å². The van der Waals surface area contributed by atoms with Crippen LogP contribution >= 0.6 is 11.6 Å². The molecular formula is C17H17ClN2O2. The van der Waals surface area contributed by atoms with Gasteiger partial charge in [0.15, 0.2) is 0 Å². The molecule has 2 rings (SSSR count). The molecule has 1 amide bonds. The number of amides is 1. The van der Waals surface area contributed by atoms with E-state index in [1.54, 1.807) is 30.3 Å². The summed E-state index contributed by atoms with van der Waals surface area (Å²) in [6.45, 7) is 4.16. The number of hydrogen-bond acceptors (Lipinski definition) is 3. The van der Waals surface area contributed by atoms with Crippen LogP contribution in [0, 0.1) is 0 Å². The quantitative estimate of drug-likeness (QED) is 0.760. The van der Waals surface area contributed by atoms with Crippen molar-refractivity contribution >= 4 is 28.9 Å². The van der Waals surface area contributed by atoms with Crippen molar-refractivity contribution in [3.8, 4) is 5.75 Å². The maximum absolute atomic E-state index is 11.9. The molecule has 0 radical (unpaired) electrons. The molecule has 114 valence electrons. The van der Waals surface area contributed by atoms with Crippen molar-refractivity contribution in [3.05, 3.63) is 66.2 Å². The van der Waals surface area contributed by atoms with Gasteiger partial charge in [0, 0.05) is 10.7 Å².